The first kappa shape index (κ1) is 4.39. The Bertz CT molecular complexity index is 8.00. The lowest BCUT2D eigenvalue weighted by molar-refractivity contribution is 0.258. The fourth-order valence-electron chi connectivity index (χ4n) is 0. The third-order valence-corrected chi connectivity index (χ3v) is 0.612. The van der Waals surface area contributed by atoms with Crippen LogP contribution in [-0.4, -0.2) is 13.5 Å². The fraction of sp³-hybridized carbons (Fsp3) is 1.00. The molecule has 1 nitrogen and oxygen atoms in total. The molecule has 0 saturated heterocycles. The molecule has 2 heteroatoms. The van der Waals surface area contributed by atoms with Crippen molar-refractivity contribution in [2.45, 2.75) is 0 Å². The lowest BCUT2D eigenvalue weighted by Gasteiger charge is -1.71. The molecule has 0 rings (SSSR count). The van der Waals surface area contributed by atoms with Crippen LogP contribution in [0.15, 0.2) is 0 Å². The Hall–Kier alpha value is 0.390. The SMILES string of the molecule is COC[PH3+]. The van der Waals surface area contributed by atoms with Crippen LogP contribution in [0.5, 0.6) is 0 Å². The first-order valence-electron chi connectivity index (χ1n) is 1.20. The maximum absolute atomic E-state index is 4.55. The Labute approximate surface area is 28.5 Å². The first-order valence-corrected chi connectivity index (χ1v) is 2.20. The molecule has 0 aliphatic carbocycles. The highest BCUT2D eigenvalue weighted by molar-refractivity contribution is 7.16. The number of hydrogen-bond acceptors (Lipinski definition) is 1. The summed E-state index contributed by atoms with van der Waals surface area (Å²) >= 11 is 0. The van der Waals surface area contributed by atoms with Crippen molar-refractivity contribution in [3.63, 3.8) is 0 Å². The van der Waals surface area contributed by atoms with Crippen LogP contribution in [0.2, 0.25) is 0 Å². The highest BCUT2D eigenvalue weighted by Crippen LogP contribution is 1.73. The molecule has 0 fully saturated rings. The number of ether oxygens (including phenoxy) is 1. The summed E-state index contributed by atoms with van der Waals surface area (Å²) in [6.45, 7) is 0. The van der Waals surface area contributed by atoms with E-state index in [9.17, 15) is 0 Å². The zero-order valence-corrected chi connectivity index (χ0v) is 4.24. The molecule has 0 aromatic rings. The molecular weight excluding hydrogens is 71.0 g/mol. The molecule has 0 N–H and O–H groups in total. The molecule has 0 saturated carbocycles. The molecule has 0 aliphatic heterocycles. The average Bonchev–Trinajstić information content (AvgIpc) is 1.37. The first-order chi connectivity index (χ1) is 1.91. The van der Waals surface area contributed by atoms with Gasteiger partial charge in [-0.2, -0.15) is 0 Å². The van der Waals surface area contributed by atoms with Crippen LogP contribution in [0, 0.1) is 0 Å². The predicted octanol–water partition coefficient (Wildman–Crippen LogP) is 0.198. The summed E-state index contributed by atoms with van der Waals surface area (Å²) in [5.74, 6) is 0. The highest BCUT2D eigenvalue weighted by Gasteiger charge is 1.57. The fourth-order valence-corrected chi connectivity index (χ4v) is 0. The van der Waals surface area contributed by atoms with Crippen LogP contribution in [0.4, 0.5) is 0 Å². The van der Waals surface area contributed by atoms with Crippen LogP contribution in [0.1, 0.15) is 0 Å². The third-order valence-electron chi connectivity index (χ3n) is 0.204. The number of rotatable bonds is 1. The number of hydrogen-bond donors (Lipinski definition) is 0. The van der Waals surface area contributed by atoms with E-state index >= 15 is 0 Å². The second-order valence-electron chi connectivity index (χ2n) is 0.493. The molecule has 0 spiro atoms. The Morgan fingerprint density at radius 2 is 2.25 bits per heavy atom. The van der Waals surface area contributed by atoms with Gasteiger partial charge in [0.15, 0.2) is 0 Å². The van der Waals surface area contributed by atoms with E-state index in [-0.39, 0.29) is 0 Å². The summed E-state index contributed by atoms with van der Waals surface area (Å²) < 4.78 is 4.55. The van der Waals surface area contributed by atoms with Gasteiger partial charge in [0.25, 0.3) is 0 Å². The monoisotopic (exact) mass is 79.0 g/mol. The smallest absolute Gasteiger partial charge is 0.149 e. The summed E-state index contributed by atoms with van der Waals surface area (Å²) in [6, 6.07) is 0. The lowest BCUT2D eigenvalue weighted by atomic mass is 11.5. The van der Waals surface area contributed by atoms with E-state index in [1.165, 1.54) is 0 Å². The van der Waals surface area contributed by atoms with Crippen molar-refractivity contribution >= 4 is 9.24 Å². The summed E-state index contributed by atoms with van der Waals surface area (Å²) in [7, 11) is 3.49. The van der Waals surface area contributed by atoms with Gasteiger partial charge in [0.1, 0.15) is 6.35 Å². The Balaban J connectivity index is 1.97. The summed E-state index contributed by atoms with van der Waals surface area (Å²) in [4.78, 5) is 0. The molecule has 0 aliphatic rings. The van der Waals surface area contributed by atoms with E-state index in [1.54, 1.807) is 16.3 Å². The maximum Gasteiger partial charge on any atom is 0.149 e. The van der Waals surface area contributed by atoms with Gasteiger partial charge in [-0.1, -0.05) is 0 Å². The number of methoxy groups -OCH3 is 1. The molecule has 4 heavy (non-hydrogen) atoms. The average molecular weight is 79.1 g/mol. The summed E-state index contributed by atoms with van der Waals surface area (Å²) in [5, 5.41) is 0. The third kappa shape index (κ3) is 2.39. The zero-order valence-electron chi connectivity index (χ0n) is 2.82. The molecule has 1 atom stereocenters. The molecule has 0 bridgehead atoms. The van der Waals surface area contributed by atoms with Crippen molar-refractivity contribution in [1.82, 2.24) is 0 Å². The second-order valence-corrected chi connectivity index (χ2v) is 0.901. The van der Waals surface area contributed by atoms with Crippen LogP contribution in [0.25, 0.3) is 0 Å². The molecule has 0 amide bonds. The molecule has 0 radical (unpaired) electrons. The zero-order chi connectivity index (χ0) is 3.41. The largest absolute Gasteiger partial charge is 0.350 e. The molecule has 0 aromatic carbocycles. The van der Waals surface area contributed by atoms with E-state index < -0.39 is 0 Å². The Morgan fingerprint density at radius 1 is 2.00 bits per heavy atom. The van der Waals surface area contributed by atoms with Crippen molar-refractivity contribution in [3.8, 4) is 0 Å². The van der Waals surface area contributed by atoms with E-state index in [1.807, 2.05) is 0 Å². The molecule has 0 aromatic heterocycles. The van der Waals surface area contributed by atoms with Gasteiger partial charge in [-0.3, -0.25) is 0 Å². The van der Waals surface area contributed by atoms with E-state index in [4.69, 9.17) is 0 Å². The minimum atomic E-state index is 0.847. The Kier molecular flexibility index (Phi) is 3.72. The van der Waals surface area contributed by atoms with Gasteiger partial charge in [0, 0.05) is 16.3 Å². The van der Waals surface area contributed by atoms with Crippen molar-refractivity contribution in [1.29, 1.82) is 0 Å². The van der Waals surface area contributed by atoms with Crippen LogP contribution in [-0.2, 0) is 4.74 Å². The van der Waals surface area contributed by atoms with E-state index in [2.05, 4.69) is 4.74 Å². The van der Waals surface area contributed by atoms with Crippen molar-refractivity contribution in [2.75, 3.05) is 13.5 Å². The van der Waals surface area contributed by atoms with Gasteiger partial charge in [-0.15, -0.1) is 0 Å². The van der Waals surface area contributed by atoms with E-state index in [0.29, 0.717) is 0 Å². The van der Waals surface area contributed by atoms with Crippen LogP contribution >= 0.6 is 9.24 Å². The van der Waals surface area contributed by atoms with Crippen molar-refractivity contribution in [3.05, 3.63) is 0 Å². The minimum absolute atomic E-state index is 0.847. The van der Waals surface area contributed by atoms with Gasteiger partial charge in [0.2, 0.25) is 0 Å². The van der Waals surface area contributed by atoms with Gasteiger partial charge in [0.05, 0.1) is 0 Å². The van der Waals surface area contributed by atoms with Crippen molar-refractivity contribution < 1.29 is 4.74 Å². The predicted molar refractivity (Wildman–Crippen MR) is 23.0 cm³/mol. The van der Waals surface area contributed by atoms with E-state index in [0.717, 1.165) is 6.35 Å². The maximum atomic E-state index is 4.55. The molecule has 0 heterocycles. The summed E-state index contributed by atoms with van der Waals surface area (Å²) in [6.07, 6.45) is 0.847. The normalized spacial score (nSPS) is 8.25. The van der Waals surface area contributed by atoms with Gasteiger partial charge in [-0.05, 0) is 0 Å². The van der Waals surface area contributed by atoms with Gasteiger partial charge < -0.3 is 4.74 Å². The quantitative estimate of drug-likeness (QED) is 0.408. The Morgan fingerprint density at radius 3 is 2.25 bits per heavy atom. The van der Waals surface area contributed by atoms with Crippen molar-refractivity contribution in [2.24, 2.45) is 0 Å². The molecule has 1 unspecified atom stereocenters. The molecular formula is C2H8OP+. The van der Waals surface area contributed by atoms with Crippen LogP contribution in [0.3, 0.4) is 0 Å². The molecule has 26 valence electrons. The second kappa shape index (κ2) is 3.39. The minimum Gasteiger partial charge on any atom is -0.350 e. The standard InChI is InChI=1S/C2H7OP/c1-3-2-4/h2,4H2,1H3/p+1. The topological polar surface area (TPSA) is 9.23 Å². The lowest BCUT2D eigenvalue weighted by Crippen LogP contribution is -1.67. The van der Waals surface area contributed by atoms with Gasteiger partial charge in [-0.25, -0.2) is 0 Å². The summed E-state index contributed by atoms with van der Waals surface area (Å²) in [5.41, 5.74) is 0. The van der Waals surface area contributed by atoms with Crippen LogP contribution < -0.4 is 0 Å². The van der Waals surface area contributed by atoms with Gasteiger partial charge >= 0.3 is 0 Å². The highest BCUT2D eigenvalue weighted by atomic mass is 31.0.